The standard InChI is InChI=1S/C30H22Cl2F2N4OS/c31-22-11-14-27(25(32)17-22)38-28(36-37-30(38)40-18-20-9-12-23(33)13-10-20)26(15-19-5-2-1-3-6-19)35-29(39)21-7-4-8-24(34)16-21/h1-14,16-17,26H,15,18H2,(H,35,39). The minimum Gasteiger partial charge on any atom is -0.342 e. The summed E-state index contributed by atoms with van der Waals surface area (Å²) in [5.41, 5.74) is 2.60. The molecular weight excluding hydrogens is 573 g/mol. The Morgan fingerprint density at radius 2 is 1.62 bits per heavy atom. The van der Waals surface area contributed by atoms with Crippen molar-refractivity contribution in [1.29, 1.82) is 0 Å². The number of nitrogens with one attached hydrogen (secondary N) is 1. The summed E-state index contributed by atoms with van der Waals surface area (Å²) in [7, 11) is 0. The van der Waals surface area contributed by atoms with Gasteiger partial charge in [0.15, 0.2) is 11.0 Å². The van der Waals surface area contributed by atoms with Gasteiger partial charge in [-0.25, -0.2) is 8.78 Å². The monoisotopic (exact) mass is 594 g/mol. The number of rotatable bonds is 9. The van der Waals surface area contributed by atoms with Gasteiger partial charge in [0.05, 0.1) is 16.8 Å². The summed E-state index contributed by atoms with van der Waals surface area (Å²) >= 11 is 14.2. The van der Waals surface area contributed by atoms with Crippen molar-refractivity contribution in [3.63, 3.8) is 0 Å². The lowest BCUT2D eigenvalue weighted by Gasteiger charge is -2.21. The SMILES string of the molecule is O=C(NC(Cc1ccccc1)c1nnc(SCc2ccc(F)cc2)n1-c1ccc(Cl)cc1Cl)c1cccc(F)c1. The molecule has 0 aliphatic heterocycles. The van der Waals surface area contributed by atoms with Gasteiger partial charge in [0.1, 0.15) is 11.6 Å². The Morgan fingerprint density at radius 1 is 0.850 bits per heavy atom. The number of hydrogen-bond donors (Lipinski definition) is 1. The number of amides is 1. The first-order chi connectivity index (χ1) is 19.4. The molecule has 0 aliphatic carbocycles. The second-order valence-corrected chi connectivity index (χ2v) is 10.7. The molecule has 10 heteroatoms. The molecule has 0 fully saturated rings. The summed E-state index contributed by atoms with van der Waals surface area (Å²) in [6, 6.07) is 25.7. The molecule has 5 nitrogen and oxygen atoms in total. The Hall–Kier alpha value is -3.72. The van der Waals surface area contributed by atoms with Gasteiger partial charge in [-0.05, 0) is 66.1 Å². The molecule has 0 radical (unpaired) electrons. The van der Waals surface area contributed by atoms with E-state index in [1.807, 2.05) is 30.3 Å². The average Bonchev–Trinajstić information content (AvgIpc) is 3.36. The van der Waals surface area contributed by atoms with Crippen molar-refractivity contribution in [2.75, 3.05) is 0 Å². The van der Waals surface area contributed by atoms with Crippen LogP contribution in [-0.2, 0) is 12.2 Å². The van der Waals surface area contributed by atoms with E-state index in [1.165, 1.54) is 42.1 Å². The zero-order chi connectivity index (χ0) is 28.1. The van der Waals surface area contributed by atoms with Crippen molar-refractivity contribution in [2.24, 2.45) is 0 Å². The van der Waals surface area contributed by atoms with Crippen LogP contribution in [0.25, 0.3) is 5.69 Å². The predicted molar refractivity (Wildman–Crippen MR) is 154 cm³/mol. The van der Waals surface area contributed by atoms with E-state index in [1.54, 1.807) is 41.0 Å². The highest BCUT2D eigenvalue weighted by molar-refractivity contribution is 7.98. The van der Waals surface area contributed by atoms with E-state index in [2.05, 4.69) is 15.5 Å². The molecule has 0 spiro atoms. The van der Waals surface area contributed by atoms with Crippen molar-refractivity contribution in [3.8, 4) is 5.69 Å². The molecule has 40 heavy (non-hydrogen) atoms. The maximum absolute atomic E-state index is 13.9. The Morgan fingerprint density at radius 3 is 2.35 bits per heavy atom. The zero-order valence-electron chi connectivity index (χ0n) is 20.9. The molecule has 202 valence electrons. The van der Waals surface area contributed by atoms with Crippen LogP contribution in [0.2, 0.25) is 10.0 Å². The van der Waals surface area contributed by atoms with Crippen molar-refractivity contribution >= 4 is 40.9 Å². The van der Waals surface area contributed by atoms with Crippen LogP contribution >= 0.6 is 35.0 Å². The largest absolute Gasteiger partial charge is 0.342 e. The molecule has 0 saturated heterocycles. The van der Waals surface area contributed by atoms with E-state index in [0.29, 0.717) is 38.9 Å². The Kier molecular flexibility index (Phi) is 8.79. The molecule has 1 atom stereocenters. The van der Waals surface area contributed by atoms with Gasteiger partial charge in [0.2, 0.25) is 0 Å². The summed E-state index contributed by atoms with van der Waals surface area (Å²) in [4.78, 5) is 13.3. The lowest BCUT2D eigenvalue weighted by atomic mass is 10.0. The third kappa shape index (κ3) is 6.70. The Balaban J connectivity index is 1.56. The highest BCUT2D eigenvalue weighted by atomic mass is 35.5. The van der Waals surface area contributed by atoms with Gasteiger partial charge in [-0.1, -0.05) is 83.5 Å². The van der Waals surface area contributed by atoms with E-state index < -0.39 is 17.8 Å². The third-order valence-corrected chi connectivity index (χ3v) is 7.61. The summed E-state index contributed by atoms with van der Waals surface area (Å²) in [5.74, 6) is -0.368. The van der Waals surface area contributed by atoms with Crippen LogP contribution in [0.3, 0.4) is 0 Å². The number of carbonyl (C=O) groups excluding carboxylic acids is 1. The zero-order valence-corrected chi connectivity index (χ0v) is 23.2. The van der Waals surface area contributed by atoms with Crippen LogP contribution in [0.5, 0.6) is 0 Å². The van der Waals surface area contributed by atoms with Gasteiger partial charge < -0.3 is 5.32 Å². The van der Waals surface area contributed by atoms with E-state index >= 15 is 0 Å². The Labute approximate surface area is 244 Å². The fraction of sp³-hybridized carbons (Fsp3) is 0.100. The number of hydrogen-bond acceptors (Lipinski definition) is 4. The normalized spacial score (nSPS) is 11.8. The van der Waals surface area contributed by atoms with Crippen LogP contribution < -0.4 is 5.32 Å². The molecule has 0 aliphatic rings. The van der Waals surface area contributed by atoms with E-state index in [9.17, 15) is 13.6 Å². The second kappa shape index (κ2) is 12.6. The highest BCUT2D eigenvalue weighted by Gasteiger charge is 2.26. The van der Waals surface area contributed by atoms with Crippen LogP contribution in [0.15, 0.2) is 102 Å². The third-order valence-electron chi connectivity index (χ3n) is 6.08. The first kappa shape index (κ1) is 27.8. The summed E-state index contributed by atoms with van der Waals surface area (Å²) in [6.45, 7) is 0. The number of aromatic nitrogens is 3. The molecule has 1 unspecified atom stereocenters. The summed E-state index contributed by atoms with van der Waals surface area (Å²) < 4.78 is 29.1. The molecule has 0 bridgehead atoms. The molecule has 1 N–H and O–H groups in total. The van der Waals surface area contributed by atoms with Gasteiger partial charge >= 0.3 is 0 Å². The van der Waals surface area contributed by atoms with E-state index in [4.69, 9.17) is 23.2 Å². The summed E-state index contributed by atoms with van der Waals surface area (Å²) in [6.07, 6.45) is 0.383. The number of halogens is 4. The number of thioether (sulfide) groups is 1. The predicted octanol–water partition coefficient (Wildman–Crippen LogP) is 7.86. The molecule has 4 aromatic carbocycles. The van der Waals surface area contributed by atoms with Crippen LogP contribution in [0.4, 0.5) is 8.78 Å². The minimum absolute atomic E-state index is 0.180. The van der Waals surface area contributed by atoms with Crippen molar-refractivity contribution < 1.29 is 13.6 Å². The van der Waals surface area contributed by atoms with Crippen LogP contribution in [0, 0.1) is 11.6 Å². The molecule has 0 saturated carbocycles. The minimum atomic E-state index is -0.655. The lowest BCUT2D eigenvalue weighted by Crippen LogP contribution is -2.32. The van der Waals surface area contributed by atoms with Gasteiger partial charge in [-0.3, -0.25) is 9.36 Å². The molecule has 1 heterocycles. The fourth-order valence-corrected chi connectivity index (χ4v) is 5.55. The second-order valence-electron chi connectivity index (χ2n) is 8.91. The quantitative estimate of drug-likeness (QED) is 0.176. The molecule has 5 rings (SSSR count). The highest BCUT2D eigenvalue weighted by Crippen LogP contribution is 2.33. The van der Waals surface area contributed by atoms with Crippen molar-refractivity contribution in [3.05, 3.63) is 141 Å². The topological polar surface area (TPSA) is 59.8 Å². The van der Waals surface area contributed by atoms with Gasteiger partial charge in [-0.2, -0.15) is 0 Å². The Bertz CT molecular complexity index is 1630. The first-order valence-corrected chi connectivity index (χ1v) is 14.0. The van der Waals surface area contributed by atoms with E-state index in [0.717, 1.165) is 11.1 Å². The van der Waals surface area contributed by atoms with Crippen LogP contribution in [0.1, 0.15) is 33.4 Å². The van der Waals surface area contributed by atoms with Crippen LogP contribution in [-0.4, -0.2) is 20.7 Å². The van der Waals surface area contributed by atoms with E-state index in [-0.39, 0.29) is 11.4 Å². The average molecular weight is 596 g/mol. The number of nitrogens with zero attached hydrogens (tertiary/aromatic N) is 3. The smallest absolute Gasteiger partial charge is 0.251 e. The summed E-state index contributed by atoms with van der Waals surface area (Å²) in [5, 5.41) is 13.3. The molecule has 1 amide bonds. The maximum atomic E-state index is 13.9. The molecule has 1 aromatic heterocycles. The van der Waals surface area contributed by atoms with Gasteiger partial charge in [0, 0.05) is 16.3 Å². The lowest BCUT2D eigenvalue weighted by molar-refractivity contribution is 0.0933. The first-order valence-electron chi connectivity index (χ1n) is 12.3. The number of carbonyl (C=O) groups is 1. The molecule has 5 aromatic rings. The number of benzene rings is 4. The fourth-order valence-electron chi connectivity index (χ4n) is 4.15. The van der Waals surface area contributed by atoms with Gasteiger partial charge in [-0.15, -0.1) is 10.2 Å². The molecular formula is C30H22Cl2F2N4OS. The van der Waals surface area contributed by atoms with Crippen molar-refractivity contribution in [2.45, 2.75) is 23.4 Å². The maximum Gasteiger partial charge on any atom is 0.251 e. The van der Waals surface area contributed by atoms with Crippen molar-refractivity contribution in [1.82, 2.24) is 20.1 Å². The van der Waals surface area contributed by atoms with Gasteiger partial charge in [0.25, 0.3) is 5.91 Å².